The predicted octanol–water partition coefficient (Wildman–Crippen LogP) is 2.33. The third kappa shape index (κ3) is 2.56. The number of pyridine rings is 1. The van der Waals surface area contributed by atoms with Crippen molar-refractivity contribution in [2.75, 3.05) is 13.1 Å². The van der Waals surface area contributed by atoms with Gasteiger partial charge in [-0.2, -0.15) is 4.98 Å². The highest BCUT2D eigenvalue weighted by molar-refractivity contribution is 5.67. The van der Waals surface area contributed by atoms with Gasteiger partial charge in [-0.3, -0.25) is 0 Å². The summed E-state index contributed by atoms with van der Waals surface area (Å²) in [6.07, 6.45) is -0.215. The van der Waals surface area contributed by atoms with Crippen molar-refractivity contribution in [1.82, 2.24) is 9.88 Å². The second-order valence-corrected chi connectivity index (χ2v) is 5.99. The van der Waals surface area contributed by atoms with E-state index in [1.807, 2.05) is 42.5 Å². The van der Waals surface area contributed by atoms with E-state index < -0.39 is 11.7 Å². The summed E-state index contributed by atoms with van der Waals surface area (Å²) < 4.78 is 11.6. The van der Waals surface area contributed by atoms with Gasteiger partial charge in [-0.25, -0.2) is 4.79 Å². The first-order chi connectivity index (χ1) is 11.1. The molecule has 1 N–H and O–H groups in total. The molecule has 2 aromatic rings. The third-order valence-corrected chi connectivity index (χ3v) is 4.20. The molecule has 0 unspecified atom stereocenters. The highest BCUT2D eigenvalue weighted by atomic mass is 16.5. The zero-order valence-electron chi connectivity index (χ0n) is 12.4. The number of carboxylic acid groups (broad SMARTS) is 1. The predicted molar refractivity (Wildman–Crippen MR) is 81.7 cm³/mol. The molecule has 1 aromatic carbocycles. The lowest BCUT2D eigenvalue weighted by molar-refractivity contribution is -0.0512. The average molecular weight is 312 g/mol. The minimum Gasteiger partial charge on any atom is -0.473 e. The van der Waals surface area contributed by atoms with Gasteiger partial charge in [-0.1, -0.05) is 30.3 Å². The van der Waals surface area contributed by atoms with Crippen molar-refractivity contribution in [3.8, 4) is 11.8 Å². The monoisotopic (exact) mass is 312 g/mol. The van der Waals surface area contributed by atoms with Crippen molar-refractivity contribution in [2.45, 2.75) is 18.6 Å². The largest absolute Gasteiger partial charge is 0.473 e. The van der Waals surface area contributed by atoms with Crippen LogP contribution in [-0.4, -0.2) is 39.8 Å². The van der Waals surface area contributed by atoms with Crippen LogP contribution in [0.3, 0.4) is 0 Å². The number of ether oxygens (including phenoxy) is 2. The van der Waals surface area contributed by atoms with Crippen LogP contribution in [0.4, 0.5) is 4.79 Å². The number of aromatic nitrogens is 1. The first-order valence-electron chi connectivity index (χ1n) is 7.47. The Bertz CT molecular complexity index is 742. The Morgan fingerprint density at radius 1 is 1.26 bits per heavy atom. The molecular weight excluding hydrogens is 296 g/mol. The molecule has 23 heavy (non-hydrogen) atoms. The van der Waals surface area contributed by atoms with Crippen LogP contribution in [0.2, 0.25) is 0 Å². The second kappa shape index (κ2) is 5.15. The summed E-state index contributed by atoms with van der Waals surface area (Å²) in [5.74, 6) is 1.07. The van der Waals surface area contributed by atoms with Crippen LogP contribution in [0.5, 0.6) is 11.8 Å². The molecule has 4 rings (SSSR count). The number of hydrogen-bond acceptors (Lipinski definition) is 4. The van der Waals surface area contributed by atoms with Gasteiger partial charge in [-0.05, 0) is 11.6 Å². The van der Waals surface area contributed by atoms with Gasteiger partial charge in [0.15, 0.2) is 5.60 Å². The Kier molecular flexibility index (Phi) is 3.11. The van der Waals surface area contributed by atoms with Crippen LogP contribution in [0.15, 0.2) is 42.5 Å². The molecule has 0 bridgehead atoms. The molecule has 1 fully saturated rings. The van der Waals surface area contributed by atoms with Crippen LogP contribution in [-0.2, 0) is 13.0 Å². The number of hydrogen-bond donors (Lipinski definition) is 1. The number of rotatable bonds is 3. The molecule has 3 heterocycles. The van der Waals surface area contributed by atoms with Crippen molar-refractivity contribution >= 4 is 6.09 Å². The van der Waals surface area contributed by atoms with E-state index in [2.05, 4.69) is 4.98 Å². The SMILES string of the molecule is O=C(O)N1CC2(Cc3ccc(OCc4ccccc4)nc3O2)C1. The maximum Gasteiger partial charge on any atom is 0.407 e. The molecule has 1 spiro atoms. The maximum atomic E-state index is 10.9. The Hall–Kier alpha value is -2.76. The molecular formula is C17H16N2O4. The quantitative estimate of drug-likeness (QED) is 0.942. The van der Waals surface area contributed by atoms with Crippen molar-refractivity contribution in [3.05, 3.63) is 53.6 Å². The maximum absolute atomic E-state index is 10.9. The summed E-state index contributed by atoms with van der Waals surface area (Å²) in [6.45, 7) is 1.22. The van der Waals surface area contributed by atoms with E-state index in [4.69, 9.17) is 14.6 Å². The third-order valence-electron chi connectivity index (χ3n) is 4.20. The number of likely N-dealkylation sites (tertiary alicyclic amines) is 1. The van der Waals surface area contributed by atoms with Gasteiger partial charge >= 0.3 is 6.09 Å². The normalized spacial score (nSPS) is 17.3. The summed E-state index contributed by atoms with van der Waals surface area (Å²) in [7, 11) is 0. The fraction of sp³-hybridized carbons (Fsp3) is 0.294. The van der Waals surface area contributed by atoms with Crippen LogP contribution in [0, 0.1) is 0 Å². The molecule has 0 aliphatic carbocycles. The van der Waals surface area contributed by atoms with E-state index in [9.17, 15) is 4.79 Å². The average Bonchev–Trinajstić information content (AvgIpc) is 2.91. The summed E-state index contributed by atoms with van der Waals surface area (Å²) in [5.41, 5.74) is 1.64. The summed E-state index contributed by atoms with van der Waals surface area (Å²) in [5, 5.41) is 8.95. The Balaban J connectivity index is 1.42. The summed E-state index contributed by atoms with van der Waals surface area (Å²) >= 11 is 0. The summed E-state index contributed by atoms with van der Waals surface area (Å²) in [6, 6.07) is 13.7. The van der Waals surface area contributed by atoms with Gasteiger partial charge in [0.2, 0.25) is 11.8 Å². The molecule has 6 heteroatoms. The van der Waals surface area contributed by atoms with E-state index in [0.717, 1.165) is 11.1 Å². The molecule has 0 radical (unpaired) electrons. The molecule has 0 atom stereocenters. The minimum absolute atomic E-state index is 0.388. The Morgan fingerprint density at radius 2 is 2.04 bits per heavy atom. The van der Waals surface area contributed by atoms with Crippen molar-refractivity contribution in [1.29, 1.82) is 0 Å². The molecule has 118 valence electrons. The number of fused-ring (bicyclic) bond motifs is 1. The van der Waals surface area contributed by atoms with E-state index >= 15 is 0 Å². The van der Waals surface area contributed by atoms with Crippen molar-refractivity contribution < 1.29 is 19.4 Å². The van der Waals surface area contributed by atoms with Crippen LogP contribution in [0.1, 0.15) is 11.1 Å². The molecule has 1 aromatic heterocycles. The smallest absolute Gasteiger partial charge is 0.407 e. The number of nitrogens with zero attached hydrogens (tertiary/aromatic N) is 2. The van der Waals surface area contributed by atoms with E-state index in [1.165, 1.54) is 4.90 Å². The highest BCUT2D eigenvalue weighted by Crippen LogP contribution is 2.40. The zero-order valence-corrected chi connectivity index (χ0v) is 12.4. The molecule has 0 saturated carbocycles. The molecule has 2 aliphatic heterocycles. The van der Waals surface area contributed by atoms with Gasteiger partial charge in [0, 0.05) is 18.1 Å². The van der Waals surface area contributed by atoms with Gasteiger partial charge < -0.3 is 19.5 Å². The molecule has 1 amide bonds. The van der Waals surface area contributed by atoms with Crippen molar-refractivity contribution in [3.63, 3.8) is 0 Å². The topological polar surface area (TPSA) is 71.9 Å². The first kappa shape index (κ1) is 13.9. The first-order valence-corrected chi connectivity index (χ1v) is 7.47. The van der Waals surface area contributed by atoms with Crippen molar-refractivity contribution in [2.24, 2.45) is 0 Å². The molecule has 2 aliphatic rings. The van der Waals surface area contributed by atoms with Crippen LogP contribution in [0.25, 0.3) is 0 Å². The standard InChI is InChI=1S/C17H16N2O4/c20-16(21)19-10-17(11-19)8-13-6-7-14(18-15(13)23-17)22-9-12-4-2-1-3-5-12/h1-7H,8-11H2,(H,20,21). The lowest BCUT2D eigenvalue weighted by atomic mass is 9.90. The van der Waals surface area contributed by atoms with E-state index in [-0.39, 0.29) is 0 Å². The Labute approximate surface area is 133 Å². The Morgan fingerprint density at radius 3 is 2.78 bits per heavy atom. The van der Waals surface area contributed by atoms with Gasteiger partial charge in [-0.15, -0.1) is 0 Å². The van der Waals surface area contributed by atoms with Gasteiger partial charge in [0.25, 0.3) is 0 Å². The van der Waals surface area contributed by atoms with Gasteiger partial charge in [0.05, 0.1) is 13.1 Å². The molecule has 1 saturated heterocycles. The fourth-order valence-corrected chi connectivity index (χ4v) is 3.04. The number of benzene rings is 1. The number of amides is 1. The van der Waals surface area contributed by atoms with Crippen LogP contribution >= 0.6 is 0 Å². The summed E-state index contributed by atoms with van der Waals surface area (Å²) in [4.78, 5) is 16.7. The minimum atomic E-state index is -0.907. The second-order valence-electron chi connectivity index (χ2n) is 5.99. The zero-order chi connectivity index (χ0) is 15.9. The fourth-order valence-electron chi connectivity index (χ4n) is 3.04. The molecule has 6 nitrogen and oxygen atoms in total. The van der Waals surface area contributed by atoms with E-state index in [1.54, 1.807) is 0 Å². The highest BCUT2D eigenvalue weighted by Gasteiger charge is 2.52. The lowest BCUT2D eigenvalue weighted by Gasteiger charge is -2.44. The lowest BCUT2D eigenvalue weighted by Crippen LogP contribution is -2.65. The van der Waals surface area contributed by atoms with Crippen LogP contribution < -0.4 is 9.47 Å². The van der Waals surface area contributed by atoms with Gasteiger partial charge in [0.1, 0.15) is 6.61 Å². The van der Waals surface area contributed by atoms with E-state index in [0.29, 0.717) is 37.9 Å². The number of carbonyl (C=O) groups is 1.